The maximum absolute atomic E-state index is 10.8. The summed E-state index contributed by atoms with van der Waals surface area (Å²) in [5.41, 5.74) is 4.52. The number of halogens is 2. The van der Waals surface area contributed by atoms with Crippen molar-refractivity contribution in [2.24, 2.45) is 5.92 Å². The number of rotatable bonds is 4. The SMILES string of the molecule is CC(CCl)C(=O)NNCO.Cl. The highest BCUT2D eigenvalue weighted by Crippen LogP contribution is 1.95. The number of carbonyl (C=O) groups is 1. The molecule has 68 valence electrons. The van der Waals surface area contributed by atoms with Gasteiger partial charge in [0.2, 0.25) is 5.91 Å². The van der Waals surface area contributed by atoms with Crippen LogP contribution in [-0.4, -0.2) is 23.6 Å². The van der Waals surface area contributed by atoms with Gasteiger partial charge in [0.25, 0.3) is 0 Å². The molecule has 1 atom stereocenters. The second kappa shape index (κ2) is 8.07. The minimum absolute atomic E-state index is 0. The van der Waals surface area contributed by atoms with E-state index in [4.69, 9.17) is 16.7 Å². The first kappa shape index (κ1) is 13.6. The molecule has 0 fully saturated rings. The van der Waals surface area contributed by atoms with Gasteiger partial charge in [0, 0.05) is 11.8 Å². The van der Waals surface area contributed by atoms with Crippen LogP contribution in [0.4, 0.5) is 0 Å². The van der Waals surface area contributed by atoms with E-state index in [-0.39, 0.29) is 36.8 Å². The van der Waals surface area contributed by atoms with E-state index in [0.717, 1.165) is 0 Å². The van der Waals surface area contributed by atoms with Crippen molar-refractivity contribution in [2.75, 3.05) is 12.6 Å². The van der Waals surface area contributed by atoms with Crippen molar-refractivity contribution in [3.8, 4) is 0 Å². The number of aliphatic hydroxyl groups excluding tert-OH is 1. The summed E-state index contributed by atoms with van der Waals surface area (Å²) in [7, 11) is 0. The molecule has 0 aliphatic heterocycles. The molecule has 0 rings (SSSR count). The molecule has 1 unspecified atom stereocenters. The van der Waals surface area contributed by atoms with E-state index in [1.807, 2.05) is 0 Å². The quantitative estimate of drug-likeness (QED) is 0.338. The fourth-order valence-electron chi connectivity index (χ4n) is 0.320. The van der Waals surface area contributed by atoms with Crippen LogP contribution in [0.15, 0.2) is 0 Å². The van der Waals surface area contributed by atoms with E-state index >= 15 is 0 Å². The first-order valence-corrected chi connectivity index (χ1v) is 3.45. The van der Waals surface area contributed by atoms with E-state index < -0.39 is 0 Å². The molecule has 0 aliphatic carbocycles. The van der Waals surface area contributed by atoms with E-state index in [9.17, 15) is 4.79 Å². The lowest BCUT2D eigenvalue weighted by Crippen LogP contribution is -2.41. The van der Waals surface area contributed by atoms with E-state index in [1.54, 1.807) is 6.92 Å². The van der Waals surface area contributed by atoms with Gasteiger partial charge in [0.15, 0.2) is 0 Å². The lowest BCUT2D eigenvalue weighted by molar-refractivity contribution is -0.125. The Kier molecular flexibility index (Phi) is 9.94. The van der Waals surface area contributed by atoms with Gasteiger partial charge in [-0.2, -0.15) is 0 Å². The predicted octanol–water partition coefficient (Wildman–Crippen LogP) is -0.146. The van der Waals surface area contributed by atoms with Gasteiger partial charge in [0.1, 0.15) is 6.73 Å². The molecule has 3 N–H and O–H groups in total. The monoisotopic (exact) mass is 202 g/mol. The molecular weight excluding hydrogens is 191 g/mol. The van der Waals surface area contributed by atoms with Crippen LogP contribution in [0.5, 0.6) is 0 Å². The number of hydrogen-bond donors (Lipinski definition) is 3. The van der Waals surface area contributed by atoms with Crippen LogP contribution in [-0.2, 0) is 4.79 Å². The Morgan fingerprint density at radius 2 is 2.27 bits per heavy atom. The topological polar surface area (TPSA) is 61.4 Å². The first-order valence-electron chi connectivity index (χ1n) is 2.92. The fraction of sp³-hybridized carbons (Fsp3) is 0.800. The highest BCUT2D eigenvalue weighted by molar-refractivity contribution is 6.19. The number of aliphatic hydroxyl groups is 1. The Hall–Kier alpha value is -0.0300. The molecule has 11 heavy (non-hydrogen) atoms. The number of nitrogens with one attached hydrogen (secondary N) is 2. The first-order chi connectivity index (χ1) is 4.72. The second-order valence-electron chi connectivity index (χ2n) is 1.88. The average molecular weight is 203 g/mol. The number of hydrazine groups is 1. The van der Waals surface area contributed by atoms with Crippen molar-refractivity contribution < 1.29 is 9.90 Å². The van der Waals surface area contributed by atoms with E-state index in [2.05, 4.69) is 10.9 Å². The van der Waals surface area contributed by atoms with Crippen molar-refractivity contribution in [1.82, 2.24) is 10.9 Å². The van der Waals surface area contributed by atoms with Gasteiger partial charge >= 0.3 is 0 Å². The highest BCUT2D eigenvalue weighted by atomic mass is 35.5. The number of hydrogen-bond acceptors (Lipinski definition) is 3. The number of alkyl halides is 1. The molecule has 0 aliphatic rings. The molecule has 0 heterocycles. The van der Waals surface area contributed by atoms with Crippen molar-refractivity contribution in [1.29, 1.82) is 0 Å². The molecule has 0 saturated carbocycles. The standard InChI is InChI=1S/C5H11ClN2O2.ClH/c1-4(2-6)5(10)8-7-3-9;/h4,7,9H,2-3H2,1H3,(H,8,10);1H. The molecule has 0 spiro atoms. The molecule has 4 nitrogen and oxygen atoms in total. The van der Waals surface area contributed by atoms with Crippen LogP contribution >= 0.6 is 24.0 Å². The average Bonchev–Trinajstić information content (AvgIpc) is 1.98. The Balaban J connectivity index is 0. The normalized spacial score (nSPS) is 11.5. The predicted molar refractivity (Wildman–Crippen MR) is 45.5 cm³/mol. The molecule has 0 aromatic rings. The summed E-state index contributed by atoms with van der Waals surface area (Å²) in [5.74, 6) is -0.177. The molecule has 0 saturated heterocycles. The molecule has 0 radical (unpaired) electrons. The zero-order chi connectivity index (χ0) is 7.98. The summed E-state index contributed by atoms with van der Waals surface area (Å²) in [6, 6.07) is 0. The summed E-state index contributed by atoms with van der Waals surface area (Å²) in [6.45, 7) is 1.42. The highest BCUT2D eigenvalue weighted by Gasteiger charge is 2.09. The van der Waals surface area contributed by atoms with Gasteiger partial charge < -0.3 is 5.11 Å². The maximum atomic E-state index is 10.8. The van der Waals surface area contributed by atoms with Gasteiger partial charge in [-0.3, -0.25) is 10.2 Å². The zero-order valence-electron chi connectivity index (χ0n) is 6.13. The van der Waals surface area contributed by atoms with Crippen LogP contribution in [0.1, 0.15) is 6.92 Å². The van der Waals surface area contributed by atoms with Crippen LogP contribution < -0.4 is 10.9 Å². The van der Waals surface area contributed by atoms with Gasteiger partial charge in [-0.15, -0.1) is 24.0 Å². The summed E-state index contributed by atoms with van der Waals surface area (Å²) in [5, 5.41) is 8.21. The molecule has 0 aromatic heterocycles. The third-order valence-electron chi connectivity index (χ3n) is 0.970. The minimum Gasteiger partial charge on any atom is -0.380 e. The summed E-state index contributed by atoms with van der Waals surface area (Å²) >= 11 is 5.37. The van der Waals surface area contributed by atoms with Gasteiger partial charge in [-0.25, -0.2) is 5.43 Å². The van der Waals surface area contributed by atoms with Crippen LogP contribution in [0.3, 0.4) is 0 Å². The Labute approximate surface area is 76.7 Å². The molecule has 6 heteroatoms. The third-order valence-corrected chi connectivity index (χ3v) is 1.43. The Morgan fingerprint density at radius 3 is 2.64 bits per heavy atom. The van der Waals surface area contributed by atoms with Gasteiger partial charge in [0.05, 0.1) is 0 Å². The minimum atomic E-state index is -0.277. The van der Waals surface area contributed by atoms with E-state index in [0.29, 0.717) is 0 Å². The smallest absolute Gasteiger partial charge is 0.238 e. The molecular formula is C5H12Cl2N2O2. The molecule has 0 bridgehead atoms. The summed E-state index contributed by atoms with van der Waals surface area (Å²) in [6.07, 6.45) is 0. The van der Waals surface area contributed by atoms with Crippen molar-refractivity contribution in [3.05, 3.63) is 0 Å². The van der Waals surface area contributed by atoms with Crippen molar-refractivity contribution in [2.45, 2.75) is 6.92 Å². The zero-order valence-corrected chi connectivity index (χ0v) is 7.71. The lowest BCUT2D eigenvalue weighted by atomic mass is 10.2. The van der Waals surface area contributed by atoms with Gasteiger partial charge in [-0.1, -0.05) is 6.92 Å². The number of amides is 1. The Bertz CT molecular complexity index is 113. The van der Waals surface area contributed by atoms with E-state index in [1.165, 1.54) is 0 Å². The van der Waals surface area contributed by atoms with Crippen molar-refractivity contribution >= 4 is 29.9 Å². The fourth-order valence-corrected chi connectivity index (χ4v) is 0.460. The van der Waals surface area contributed by atoms with Gasteiger partial charge in [-0.05, 0) is 0 Å². The van der Waals surface area contributed by atoms with Crippen molar-refractivity contribution in [3.63, 3.8) is 0 Å². The molecule has 1 amide bonds. The van der Waals surface area contributed by atoms with Crippen LogP contribution in [0, 0.1) is 5.92 Å². The third kappa shape index (κ3) is 6.37. The number of carbonyl (C=O) groups excluding carboxylic acids is 1. The maximum Gasteiger partial charge on any atom is 0.238 e. The lowest BCUT2D eigenvalue weighted by Gasteiger charge is -2.07. The Morgan fingerprint density at radius 1 is 1.73 bits per heavy atom. The summed E-state index contributed by atoms with van der Waals surface area (Å²) in [4.78, 5) is 10.8. The summed E-state index contributed by atoms with van der Waals surface area (Å²) < 4.78 is 0. The molecule has 0 aromatic carbocycles. The second-order valence-corrected chi connectivity index (χ2v) is 2.19. The largest absolute Gasteiger partial charge is 0.380 e. The van der Waals surface area contributed by atoms with Crippen LogP contribution in [0.2, 0.25) is 0 Å². The van der Waals surface area contributed by atoms with Crippen LogP contribution in [0.25, 0.3) is 0 Å².